The summed E-state index contributed by atoms with van der Waals surface area (Å²) in [7, 11) is -9.22. The number of rotatable bonds is 24. The van der Waals surface area contributed by atoms with Crippen LogP contribution in [0, 0.1) is 0 Å². The van der Waals surface area contributed by atoms with Gasteiger partial charge in [0, 0.05) is 18.7 Å². The molecule has 2 aromatic rings. The lowest BCUT2D eigenvalue weighted by atomic mass is 10.0. The molecule has 0 aromatic heterocycles. The van der Waals surface area contributed by atoms with Crippen molar-refractivity contribution < 1.29 is 44.9 Å². The van der Waals surface area contributed by atoms with E-state index in [9.17, 15) is 31.2 Å². The smallest absolute Gasteiger partial charge is 0.326 e. The summed E-state index contributed by atoms with van der Waals surface area (Å²) in [6.07, 6.45) is 10.6. The highest BCUT2D eigenvalue weighted by molar-refractivity contribution is 7.93. The van der Waals surface area contributed by atoms with E-state index in [-0.39, 0.29) is 57.9 Å². The average Bonchev–Trinajstić information content (AvgIpc) is 3.21. The number of hydrogen-bond acceptors (Lipinski definition) is 11. The van der Waals surface area contributed by atoms with Crippen molar-refractivity contribution in [1.82, 2.24) is 9.21 Å². The Hall–Kier alpha value is -4.28. The number of aliphatic imine (C=N–C) groups is 1. The molecule has 2 aromatic carbocycles. The largest absolute Gasteiger partial charge is 0.491 e. The second kappa shape index (κ2) is 22.8. The molecule has 2 amide bonds. The lowest BCUT2D eigenvalue weighted by Gasteiger charge is -2.34. The van der Waals surface area contributed by atoms with E-state index in [0.717, 1.165) is 25.7 Å². The number of amidine groups is 1. The summed E-state index contributed by atoms with van der Waals surface area (Å²) in [5, 5.41) is 2.68. The van der Waals surface area contributed by atoms with Gasteiger partial charge in [0.1, 0.15) is 12.3 Å². The van der Waals surface area contributed by atoms with E-state index >= 15 is 0 Å². The Morgan fingerprint density at radius 3 is 2.14 bits per heavy atom. The van der Waals surface area contributed by atoms with Gasteiger partial charge in [-0.2, -0.15) is 8.42 Å². The molecule has 2 aliphatic rings. The van der Waals surface area contributed by atoms with Gasteiger partial charge in [-0.1, -0.05) is 82.9 Å². The van der Waals surface area contributed by atoms with E-state index < -0.39 is 50.5 Å². The summed E-state index contributed by atoms with van der Waals surface area (Å²) in [6.45, 7) is 7.69. The molecule has 1 unspecified atom stereocenters. The Labute approximate surface area is 344 Å². The molecule has 0 saturated heterocycles. The predicted molar refractivity (Wildman–Crippen MR) is 223 cm³/mol. The molecule has 0 bridgehead atoms. The maximum atomic E-state index is 14.6. The van der Waals surface area contributed by atoms with Crippen molar-refractivity contribution in [1.29, 1.82) is 0 Å². The number of hydrogen-bond donors (Lipinski definition) is 1. The quantitative estimate of drug-likeness (QED) is 0.0630. The van der Waals surface area contributed by atoms with Crippen LogP contribution in [0.2, 0.25) is 0 Å². The highest BCUT2D eigenvalue weighted by Gasteiger charge is 2.45. The molecule has 0 radical (unpaired) electrons. The van der Waals surface area contributed by atoms with E-state index in [4.69, 9.17) is 13.7 Å². The normalized spacial score (nSPS) is 15.6. The van der Waals surface area contributed by atoms with Crippen molar-refractivity contribution in [3.8, 4) is 5.75 Å². The maximum Gasteiger partial charge on any atom is 0.326 e. The van der Waals surface area contributed by atoms with Crippen molar-refractivity contribution >= 4 is 49.4 Å². The van der Waals surface area contributed by atoms with E-state index in [1.165, 1.54) is 68.9 Å². The van der Waals surface area contributed by atoms with Crippen molar-refractivity contribution in [2.24, 2.45) is 4.99 Å². The third-order valence-electron chi connectivity index (χ3n) is 10.1. The van der Waals surface area contributed by atoms with Crippen LogP contribution < -0.4 is 10.1 Å². The van der Waals surface area contributed by atoms with Gasteiger partial charge in [-0.15, -0.1) is 0 Å². The predicted octanol–water partition coefficient (Wildman–Crippen LogP) is 7.57. The molecule has 320 valence electrons. The first-order valence-electron chi connectivity index (χ1n) is 20.7. The average molecular weight is 845 g/mol. The zero-order valence-electron chi connectivity index (χ0n) is 34.4. The van der Waals surface area contributed by atoms with Crippen LogP contribution in [0.5, 0.6) is 5.75 Å². The molecule has 1 atom stereocenters. The lowest BCUT2D eigenvalue weighted by molar-refractivity contribution is -0.142. The zero-order valence-corrected chi connectivity index (χ0v) is 36.0. The SMILES string of the molecule is CCCCCCCCCCCCOc1ccc(C(=O)N(CC)CC)cc1NC(=O)C(OS(=O)(=O)c1ccccc1)C1=NC2=C(CCCC2)S(=O)(=O)N1CC(=O)OCC. The van der Waals surface area contributed by atoms with Gasteiger partial charge in [0.15, 0.2) is 5.84 Å². The van der Waals surface area contributed by atoms with Gasteiger partial charge in [-0.3, -0.25) is 14.4 Å². The van der Waals surface area contributed by atoms with Gasteiger partial charge in [0.2, 0.25) is 6.10 Å². The van der Waals surface area contributed by atoms with Gasteiger partial charge in [-0.25, -0.2) is 21.9 Å². The number of amides is 2. The molecule has 4 rings (SSSR count). The van der Waals surface area contributed by atoms with Crippen LogP contribution in [-0.2, 0) is 38.7 Å². The first-order chi connectivity index (χ1) is 27.9. The molecular formula is C42H60N4O10S2. The van der Waals surface area contributed by atoms with Gasteiger partial charge < -0.3 is 19.7 Å². The molecule has 0 spiro atoms. The van der Waals surface area contributed by atoms with Crippen LogP contribution in [0.4, 0.5) is 5.69 Å². The second-order valence-electron chi connectivity index (χ2n) is 14.3. The molecule has 1 aliphatic carbocycles. The fourth-order valence-electron chi connectivity index (χ4n) is 6.91. The highest BCUT2D eigenvalue weighted by Crippen LogP contribution is 2.37. The number of esters is 1. The van der Waals surface area contributed by atoms with Crippen LogP contribution in [0.1, 0.15) is 128 Å². The second-order valence-corrected chi connectivity index (χ2v) is 17.8. The summed E-state index contributed by atoms with van der Waals surface area (Å²) in [6, 6.07) is 11.7. The molecule has 16 heteroatoms. The lowest BCUT2D eigenvalue weighted by Crippen LogP contribution is -2.53. The molecule has 14 nitrogen and oxygen atoms in total. The van der Waals surface area contributed by atoms with E-state index in [1.807, 2.05) is 13.8 Å². The minimum absolute atomic E-state index is 0.0119. The van der Waals surface area contributed by atoms with Crippen LogP contribution in [0.25, 0.3) is 0 Å². The van der Waals surface area contributed by atoms with E-state index in [0.29, 0.717) is 36.8 Å². The summed E-state index contributed by atoms with van der Waals surface area (Å²) in [5.41, 5.74) is 0.431. The third-order valence-corrected chi connectivity index (χ3v) is 13.3. The fourth-order valence-corrected chi connectivity index (χ4v) is 9.71. The molecule has 1 aliphatic heterocycles. The first-order valence-corrected chi connectivity index (χ1v) is 23.6. The minimum atomic E-state index is -4.75. The van der Waals surface area contributed by atoms with Crippen molar-refractivity contribution in [2.45, 2.75) is 129 Å². The van der Waals surface area contributed by atoms with E-state index in [1.54, 1.807) is 30.0 Å². The summed E-state index contributed by atoms with van der Waals surface area (Å²) in [5.74, 6) is -2.77. The van der Waals surface area contributed by atoms with Crippen LogP contribution >= 0.6 is 0 Å². The van der Waals surface area contributed by atoms with Crippen LogP contribution in [-0.4, -0.2) is 88.6 Å². The first kappa shape index (κ1) is 46.4. The van der Waals surface area contributed by atoms with Crippen LogP contribution in [0.3, 0.4) is 0 Å². The Bertz CT molecular complexity index is 1980. The summed E-state index contributed by atoms with van der Waals surface area (Å²) < 4.78 is 73.4. The Balaban J connectivity index is 1.70. The number of nitrogens with one attached hydrogen (secondary N) is 1. The van der Waals surface area contributed by atoms with Gasteiger partial charge in [-0.05, 0) is 83.2 Å². The Kier molecular flexibility index (Phi) is 18.2. The number of sulfonamides is 1. The molecule has 0 saturated carbocycles. The Morgan fingerprint density at radius 1 is 0.862 bits per heavy atom. The number of anilines is 1. The van der Waals surface area contributed by atoms with Gasteiger partial charge >= 0.3 is 5.97 Å². The third kappa shape index (κ3) is 12.6. The zero-order chi connectivity index (χ0) is 42.1. The topological polar surface area (TPSA) is 178 Å². The Morgan fingerprint density at radius 2 is 1.50 bits per heavy atom. The summed E-state index contributed by atoms with van der Waals surface area (Å²) in [4.78, 5) is 46.8. The molecular weight excluding hydrogens is 785 g/mol. The van der Waals surface area contributed by atoms with Gasteiger partial charge in [0.25, 0.3) is 32.0 Å². The number of carbonyl (C=O) groups is 3. The molecule has 0 fully saturated rings. The molecule has 1 heterocycles. The number of nitrogens with zero attached hydrogens (tertiary/aromatic N) is 3. The minimum Gasteiger partial charge on any atom is -0.491 e. The van der Waals surface area contributed by atoms with Crippen molar-refractivity contribution in [3.05, 3.63) is 64.7 Å². The van der Waals surface area contributed by atoms with Crippen LogP contribution in [0.15, 0.2) is 69.0 Å². The summed E-state index contributed by atoms with van der Waals surface area (Å²) >= 11 is 0. The highest BCUT2D eigenvalue weighted by atomic mass is 32.2. The number of allylic oxidation sites excluding steroid dienone is 2. The van der Waals surface area contributed by atoms with E-state index in [2.05, 4.69) is 17.2 Å². The fraction of sp³-hybridized carbons (Fsp3) is 0.571. The van der Waals surface area contributed by atoms with Crippen molar-refractivity contribution in [2.75, 3.05) is 38.2 Å². The van der Waals surface area contributed by atoms with Crippen molar-refractivity contribution in [3.63, 3.8) is 0 Å². The molecule has 1 N–H and O–H groups in total. The monoisotopic (exact) mass is 844 g/mol. The van der Waals surface area contributed by atoms with Gasteiger partial charge in [0.05, 0.1) is 34.4 Å². The number of benzene rings is 2. The maximum absolute atomic E-state index is 14.6. The number of ether oxygens (including phenoxy) is 2. The number of unbranched alkanes of at least 4 members (excludes halogenated alkanes) is 9. The number of carbonyl (C=O) groups excluding carboxylic acids is 3. The standard InChI is InChI=1S/C42H60N4O10S2/c1-5-9-10-11-12-13-14-15-16-22-29-55-36-28-27-32(42(49)45(6-2)7-3)30-35(36)44-41(48)39(56-58(52,53)33-23-18-17-19-24-33)40-43-34-25-20-21-26-37(34)57(50,51)46(40)31-38(47)54-8-4/h17-19,23-24,27-28,30,39H,5-16,20-22,25-26,29,31H2,1-4H3,(H,44,48). The molecule has 58 heavy (non-hydrogen) atoms.